The minimum absolute atomic E-state index is 0.0739. The maximum Gasteiger partial charge on any atom is 0.119 e. The van der Waals surface area contributed by atoms with Crippen molar-refractivity contribution in [2.24, 2.45) is 5.73 Å². The van der Waals surface area contributed by atoms with E-state index in [2.05, 4.69) is 34.0 Å². The quantitative estimate of drug-likeness (QED) is 0.843. The Hall–Kier alpha value is -0.590. The summed E-state index contributed by atoms with van der Waals surface area (Å²) in [4.78, 5) is 0. The number of halogens is 1. The second kappa shape index (κ2) is 5.84. The molecule has 2 nitrogen and oxygen atoms in total. The Bertz CT molecular complexity index is 498. The fourth-order valence-electron chi connectivity index (χ4n) is 1.64. The van der Waals surface area contributed by atoms with Gasteiger partial charge in [0.25, 0.3) is 0 Å². The van der Waals surface area contributed by atoms with E-state index in [0.717, 1.165) is 16.9 Å². The van der Waals surface area contributed by atoms with E-state index in [1.807, 2.05) is 31.2 Å². The molecule has 0 aliphatic rings. The molecule has 1 heterocycles. The van der Waals surface area contributed by atoms with Crippen LogP contribution in [0.25, 0.3) is 0 Å². The number of hydrogen-bond acceptors (Lipinski definition) is 3. The number of ether oxygens (including phenoxy) is 1. The van der Waals surface area contributed by atoms with Crippen molar-refractivity contribution in [3.63, 3.8) is 0 Å². The van der Waals surface area contributed by atoms with E-state index < -0.39 is 0 Å². The molecule has 1 unspecified atom stereocenters. The Kier molecular flexibility index (Phi) is 4.42. The van der Waals surface area contributed by atoms with Crippen LogP contribution in [-0.2, 0) is 0 Å². The van der Waals surface area contributed by atoms with Crippen molar-refractivity contribution >= 4 is 33.9 Å². The van der Waals surface area contributed by atoms with Crippen molar-refractivity contribution < 1.29 is 4.74 Å². The van der Waals surface area contributed by atoms with Gasteiger partial charge in [0.2, 0.25) is 0 Å². The first-order chi connectivity index (χ1) is 8.20. The molecule has 90 valence electrons. The van der Waals surface area contributed by atoms with Gasteiger partial charge < -0.3 is 10.5 Å². The fraction of sp³-hybridized carbons (Fsp3) is 0.231. The van der Waals surface area contributed by atoms with Crippen LogP contribution in [0, 0.1) is 2.88 Å². The summed E-state index contributed by atoms with van der Waals surface area (Å²) >= 11 is 4.03. The molecular weight excluding hydrogens is 345 g/mol. The predicted octanol–water partition coefficient (Wildman–Crippen LogP) is 3.80. The molecule has 0 saturated carbocycles. The van der Waals surface area contributed by atoms with Gasteiger partial charge in [-0.05, 0) is 64.2 Å². The molecule has 1 atom stereocenters. The Morgan fingerprint density at radius 3 is 2.82 bits per heavy atom. The third-order valence-electron chi connectivity index (χ3n) is 2.48. The minimum Gasteiger partial charge on any atom is -0.494 e. The van der Waals surface area contributed by atoms with Gasteiger partial charge in [0, 0.05) is 0 Å². The molecule has 2 N–H and O–H groups in total. The highest BCUT2D eigenvalue weighted by Gasteiger charge is 2.11. The van der Waals surface area contributed by atoms with E-state index in [-0.39, 0.29) is 6.04 Å². The highest BCUT2D eigenvalue weighted by molar-refractivity contribution is 14.1. The van der Waals surface area contributed by atoms with Gasteiger partial charge >= 0.3 is 0 Å². The average Bonchev–Trinajstić information content (AvgIpc) is 2.76. The molecule has 0 aliphatic carbocycles. The summed E-state index contributed by atoms with van der Waals surface area (Å²) < 4.78 is 6.74. The van der Waals surface area contributed by atoms with Crippen LogP contribution in [0.15, 0.2) is 35.7 Å². The zero-order valence-electron chi connectivity index (χ0n) is 9.52. The van der Waals surface area contributed by atoms with Crippen LogP contribution in [0.4, 0.5) is 0 Å². The fourth-order valence-corrected chi connectivity index (χ4v) is 3.05. The van der Waals surface area contributed by atoms with Crippen LogP contribution in [0.3, 0.4) is 0 Å². The van der Waals surface area contributed by atoms with Crippen LogP contribution in [0.1, 0.15) is 24.1 Å². The predicted molar refractivity (Wildman–Crippen MR) is 80.7 cm³/mol. The van der Waals surface area contributed by atoms with E-state index in [9.17, 15) is 0 Å². The molecule has 4 heteroatoms. The van der Waals surface area contributed by atoms with Gasteiger partial charge in [0.05, 0.1) is 15.5 Å². The standard InChI is InChI=1S/C13H14INOS/c1-2-16-11-5-3-4-9(6-11)13(15)10-7-12(14)17-8-10/h3-8,13H,2,15H2,1H3. The summed E-state index contributed by atoms with van der Waals surface area (Å²) in [7, 11) is 0. The summed E-state index contributed by atoms with van der Waals surface area (Å²) in [6.07, 6.45) is 0. The molecule has 0 fully saturated rings. The molecule has 0 aliphatic heterocycles. The van der Waals surface area contributed by atoms with E-state index in [4.69, 9.17) is 10.5 Å². The van der Waals surface area contributed by atoms with Crippen molar-refractivity contribution in [2.45, 2.75) is 13.0 Å². The van der Waals surface area contributed by atoms with Crippen LogP contribution in [0.5, 0.6) is 5.75 Å². The second-order valence-corrected chi connectivity index (χ2v) is 6.47. The lowest BCUT2D eigenvalue weighted by Crippen LogP contribution is -2.10. The molecule has 17 heavy (non-hydrogen) atoms. The Labute approximate surface area is 119 Å². The van der Waals surface area contributed by atoms with Crippen LogP contribution < -0.4 is 10.5 Å². The van der Waals surface area contributed by atoms with Crippen molar-refractivity contribution in [2.75, 3.05) is 6.61 Å². The summed E-state index contributed by atoms with van der Waals surface area (Å²) in [5.41, 5.74) is 8.49. The topological polar surface area (TPSA) is 35.2 Å². The first-order valence-corrected chi connectivity index (χ1v) is 7.39. The molecule has 2 aromatic rings. The lowest BCUT2D eigenvalue weighted by atomic mass is 10.0. The molecule has 1 aromatic carbocycles. The Balaban J connectivity index is 2.24. The highest BCUT2D eigenvalue weighted by Crippen LogP contribution is 2.27. The first-order valence-electron chi connectivity index (χ1n) is 5.43. The third-order valence-corrected chi connectivity index (χ3v) is 4.28. The second-order valence-electron chi connectivity index (χ2n) is 3.67. The van der Waals surface area contributed by atoms with Crippen molar-refractivity contribution in [1.82, 2.24) is 0 Å². The highest BCUT2D eigenvalue weighted by atomic mass is 127. The van der Waals surface area contributed by atoms with E-state index in [0.29, 0.717) is 6.61 Å². The van der Waals surface area contributed by atoms with E-state index in [1.54, 1.807) is 11.3 Å². The SMILES string of the molecule is CCOc1cccc(C(N)c2csc(I)c2)c1. The summed E-state index contributed by atoms with van der Waals surface area (Å²) in [5, 5.41) is 2.11. The molecule has 0 amide bonds. The Morgan fingerprint density at radius 1 is 1.35 bits per heavy atom. The number of thiophene rings is 1. The molecule has 0 bridgehead atoms. The molecule has 1 aromatic heterocycles. The van der Waals surface area contributed by atoms with Crippen LogP contribution >= 0.6 is 33.9 Å². The lowest BCUT2D eigenvalue weighted by molar-refractivity contribution is 0.340. The van der Waals surface area contributed by atoms with Gasteiger partial charge in [0.1, 0.15) is 5.75 Å². The third kappa shape index (κ3) is 3.20. The van der Waals surface area contributed by atoms with Gasteiger partial charge in [-0.1, -0.05) is 12.1 Å². The summed E-state index contributed by atoms with van der Waals surface area (Å²) in [6, 6.07) is 10.0. The van der Waals surface area contributed by atoms with Gasteiger partial charge in [-0.15, -0.1) is 11.3 Å². The molecule has 0 spiro atoms. The number of nitrogens with two attached hydrogens (primary N) is 1. The van der Waals surface area contributed by atoms with Gasteiger partial charge in [-0.25, -0.2) is 0 Å². The number of hydrogen-bond donors (Lipinski definition) is 1. The first kappa shape index (κ1) is 12.9. The van der Waals surface area contributed by atoms with Crippen molar-refractivity contribution in [3.05, 3.63) is 49.7 Å². The average molecular weight is 359 g/mol. The summed E-state index contributed by atoms with van der Waals surface area (Å²) in [6.45, 7) is 2.66. The van der Waals surface area contributed by atoms with Gasteiger partial charge in [-0.3, -0.25) is 0 Å². The molecular formula is C13H14INOS. The lowest BCUT2D eigenvalue weighted by Gasteiger charge is -2.12. The molecule has 0 radical (unpaired) electrons. The molecule has 2 rings (SSSR count). The van der Waals surface area contributed by atoms with Gasteiger partial charge in [0.15, 0.2) is 0 Å². The van der Waals surface area contributed by atoms with Crippen LogP contribution in [0.2, 0.25) is 0 Å². The normalized spacial score (nSPS) is 12.4. The molecule has 0 saturated heterocycles. The zero-order chi connectivity index (χ0) is 12.3. The smallest absolute Gasteiger partial charge is 0.119 e. The van der Waals surface area contributed by atoms with Crippen molar-refractivity contribution in [3.8, 4) is 5.75 Å². The number of rotatable bonds is 4. The zero-order valence-corrected chi connectivity index (χ0v) is 12.5. The summed E-state index contributed by atoms with van der Waals surface area (Å²) in [5.74, 6) is 0.880. The monoisotopic (exact) mass is 359 g/mol. The van der Waals surface area contributed by atoms with E-state index >= 15 is 0 Å². The largest absolute Gasteiger partial charge is 0.494 e. The Morgan fingerprint density at radius 2 is 2.18 bits per heavy atom. The minimum atomic E-state index is -0.0739. The maximum atomic E-state index is 6.24. The van der Waals surface area contributed by atoms with Crippen LogP contribution in [-0.4, -0.2) is 6.61 Å². The number of benzene rings is 1. The van der Waals surface area contributed by atoms with E-state index in [1.165, 1.54) is 2.88 Å². The maximum absolute atomic E-state index is 6.24. The van der Waals surface area contributed by atoms with Gasteiger partial charge in [-0.2, -0.15) is 0 Å². The van der Waals surface area contributed by atoms with Crippen molar-refractivity contribution in [1.29, 1.82) is 0 Å².